The van der Waals surface area contributed by atoms with Gasteiger partial charge in [0.25, 0.3) is 11.8 Å². The number of nitrogens with two attached hydrogens (primary N) is 1. The van der Waals surface area contributed by atoms with E-state index in [4.69, 9.17) is 26.8 Å². The maximum absolute atomic E-state index is 12.6. The molecule has 2 rings (SSSR count). The van der Waals surface area contributed by atoms with Gasteiger partial charge >= 0.3 is 0 Å². The average molecular weight is 377 g/mol. The van der Waals surface area contributed by atoms with Crippen LogP contribution in [0.1, 0.15) is 35.7 Å². The van der Waals surface area contributed by atoms with Crippen LogP contribution in [0.25, 0.3) is 0 Å². The quantitative estimate of drug-likeness (QED) is 0.772. The third kappa shape index (κ3) is 4.89. The summed E-state index contributed by atoms with van der Waals surface area (Å²) in [4.78, 5) is 23.4. The summed E-state index contributed by atoms with van der Waals surface area (Å²) >= 11 is 6.17. The lowest BCUT2D eigenvalue weighted by molar-refractivity contribution is -0.119. The van der Waals surface area contributed by atoms with E-state index in [1.807, 2.05) is 24.3 Å². The van der Waals surface area contributed by atoms with E-state index < -0.39 is 5.91 Å². The van der Waals surface area contributed by atoms with Crippen molar-refractivity contribution in [1.82, 2.24) is 0 Å². The molecule has 0 aromatic heterocycles. The molecule has 0 bridgehead atoms. The molecule has 6 nitrogen and oxygen atoms in total. The highest BCUT2D eigenvalue weighted by molar-refractivity contribution is 6.32. The molecule has 0 heterocycles. The monoisotopic (exact) mass is 376 g/mol. The number of benzene rings is 2. The Kier molecular flexibility index (Phi) is 6.46. The van der Waals surface area contributed by atoms with Gasteiger partial charge in [0, 0.05) is 11.3 Å². The summed E-state index contributed by atoms with van der Waals surface area (Å²) in [6.07, 6.45) is 0. The predicted octanol–water partition coefficient (Wildman–Crippen LogP) is 3.59. The van der Waals surface area contributed by atoms with Gasteiger partial charge in [-0.05, 0) is 35.7 Å². The highest BCUT2D eigenvalue weighted by Gasteiger charge is 2.17. The van der Waals surface area contributed by atoms with E-state index in [0.29, 0.717) is 17.2 Å². The molecule has 0 atom stereocenters. The lowest BCUT2D eigenvalue weighted by Crippen LogP contribution is -2.20. The van der Waals surface area contributed by atoms with Crippen LogP contribution in [-0.4, -0.2) is 25.5 Å². The zero-order valence-electron chi connectivity index (χ0n) is 14.8. The molecule has 2 aromatic rings. The van der Waals surface area contributed by atoms with Crippen molar-refractivity contribution < 1.29 is 19.1 Å². The smallest absolute Gasteiger partial charge is 0.255 e. The van der Waals surface area contributed by atoms with Crippen LogP contribution in [-0.2, 0) is 4.79 Å². The zero-order chi connectivity index (χ0) is 19.3. The Balaban J connectivity index is 2.25. The lowest BCUT2D eigenvalue weighted by atomic mass is 10.0. The van der Waals surface area contributed by atoms with Crippen LogP contribution in [0.5, 0.6) is 11.5 Å². The third-order valence-corrected chi connectivity index (χ3v) is 3.94. The number of primary amides is 1. The summed E-state index contributed by atoms with van der Waals surface area (Å²) in [7, 11) is 1.41. The van der Waals surface area contributed by atoms with Crippen molar-refractivity contribution >= 4 is 29.1 Å². The molecule has 0 unspecified atom stereocenters. The fourth-order valence-electron chi connectivity index (χ4n) is 2.31. The summed E-state index contributed by atoms with van der Waals surface area (Å²) in [6, 6.07) is 10.6. The van der Waals surface area contributed by atoms with Gasteiger partial charge in [-0.2, -0.15) is 0 Å². The summed E-state index contributed by atoms with van der Waals surface area (Å²) in [5.74, 6) is -0.239. The molecule has 0 saturated heterocycles. The first-order valence-electron chi connectivity index (χ1n) is 8.01. The Morgan fingerprint density at radius 1 is 1.23 bits per heavy atom. The molecule has 2 aromatic carbocycles. The van der Waals surface area contributed by atoms with Gasteiger partial charge in [0.1, 0.15) is 0 Å². The van der Waals surface area contributed by atoms with Gasteiger partial charge in [0.15, 0.2) is 18.1 Å². The van der Waals surface area contributed by atoms with Crippen molar-refractivity contribution in [1.29, 1.82) is 0 Å². The van der Waals surface area contributed by atoms with Crippen molar-refractivity contribution in [2.24, 2.45) is 5.73 Å². The van der Waals surface area contributed by atoms with Crippen LogP contribution in [0.4, 0.5) is 5.69 Å². The Morgan fingerprint density at radius 3 is 2.58 bits per heavy atom. The van der Waals surface area contributed by atoms with Gasteiger partial charge in [-0.25, -0.2) is 0 Å². The molecular weight excluding hydrogens is 356 g/mol. The van der Waals surface area contributed by atoms with E-state index in [9.17, 15) is 9.59 Å². The number of amides is 2. The third-order valence-electron chi connectivity index (χ3n) is 3.66. The standard InChI is InChI=1S/C19H21ClN2O4/c1-11(2)12-5-4-6-14(7-12)22-19(24)13-8-15(20)18(16(9-13)25-3)26-10-17(21)23/h4-9,11H,10H2,1-3H3,(H2,21,23)(H,22,24). The number of carbonyl (C=O) groups is 2. The predicted molar refractivity (Wildman–Crippen MR) is 101 cm³/mol. The van der Waals surface area contributed by atoms with Gasteiger partial charge in [-0.3, -0.25) is 9.59 Å². The molecule has 7 heteroatoms. The molecule has 0 radical (unpaired) electrons. The fraction of sp³-hybridized carbons (Fsp3) is 0.263. The van der Waals surface area contributed by atoms with Crippen LogP contribution < -0.4 is 20.5 Å². The highest BCUT2D eigenvalue weighted by Crippen LogP contribution is 2.36. The van der Waals surface area contributed by atoms with Crippen molar-refractivity contribution in [3.8, 4) is 11.5 Å². The maximum Gasteiger partial charge on any atom is 0.255 e. The van der Waals surface area contributed by atoms with E-state index in [1.165, 1.54) is 19.2 Å². The van der Waals surface area contributed by atoms with Crippen LogP contribution in [0, 0.1) is 0 Å². The number of anilines is 1. The second-order valence-electron chi connectivity index (χ2n) is 5.98. The van der Waals surface area contributed by atoms with Crippen molar-refractivity contribution in [3.05, 3.63) is 52.5 Å². The highest BCUT2D eigenvalue weighted by atomic mass is 35.5. The topological polar surface area (TPSA) is 90.7 Å². The molecule has 26 heavy (non-hydrogen) atoms. The number of nitrogens with one attached hydrogen (secondary N) is 1. The van der Waals surface area contributed by atoms with Crippen LogP contribution >= 0.6 is 11.6 Å². The van der Waals surface area contributed by atoms with Crippen molar-refractivity contribution in [2.75, 3.05) is 19.0 Å². The number of carbonyl (C=O) groups excluding carboxylic acids is 2. The summed E-state index contributed by atoms with van der Waals surface area (Å²) in [6.45, 7) is 3.82. The van der Waals surface area contributed by atoms with Gasteiger partial charge in [0.2, 0.25) is 0 Å². The number of ether oxygens (including phenoxy) is 2. The van der Waals surface area contributed by atoms with Crippen molar-refractivity contribution in [3.63, 3.8) is 0 Å². The minimum absolute atomic E-state index is 0.145. The Morgan fingerprint density at radius 2 is 1.96 bits per heavy atom. The maximum atomic E-state index is 12.6. The van der Waals surface area contributed by atoms with Gasteiger partial charge in [-0.1, -0.05) is 37.6 Å². The first-order chi connectivity index (χ1) is 12.3. The van der Waals surface area contributed by atoms with Gasteiger partial charge in [-0.15, -0.1) is 0 Å². The fourth-order valence-corrected chi connectivity index (χ4v) is 2.58. The molecule has 138 valence electrons. The number of hydrogen-bond acceptors (Lipinski definition) is 4. The molecule has 0 fully saturated rings. The summed E-state index contributed by atoms with van der Waals surface area (Å²) in [5.41, 5.74) is 7.17. The van der Waals surface area contributed by atoms with E-state index in [1.54, 1.807) is 0 Å². The molecule has 0 aliphatic heterocycles. The molecule has 0 spiro atoms. The average Bonchev–Trinajstić information content (AvgIpc) is 2.59. The van der Waals surface area contributed by atoms with E-state index in [0.717, 1.165) is 5.56 Å². The normalized spacial score (nSPS) is 10.5. The van der Waals surface area contributed by atoms with E-state index in [-0.39, 0.29) is 29.0 Å². The Bertz CT molecular complexity index is 821. The number of methoxy groups -OCH3 is 1. The number of hydrogen-bond donors (Lipinski definition) is 2. The van der Waals surface area contributed by atoms with E-state index in [2.05, 4.69) is 19.2 Å². The SMILES string of the molecule is COc1cc(C(=O)Nc2cccc(C(C)C)c2)cc(Cl)c1OCC(N)=O. The molecule has 0 aliphatic rings. The Hall–Kier alpha value is -2.73. The number of halogens is 1. The Labute approximate surface area is 157 Å². The van der Waals surface area contributed by atoms with Gasteiger partial charge < -0.3 is 20.5 Å². The molecule has 3 N–H and O–H groups in total. The van der Waals surface area contributed by atoms with Crippen LogP contribution in [0.3, 0.4) is 0 Å². The minimum atomic E-state index is -0.644. The van der Waals surface area contributed by atoms with Gasteiger partial charge in [0.05, 0.1) is 12.1 Å². The largest absolute Gasteiger partial charge is 0.493 e. The molecule has 0 aliphatic carbocycles. The summed E-state index contributed by atoms with van der Waals surface area (Å²) in [5, 5.41) is 2.98. The lowest BCUT2D eigenvalue weighted by Gasteiger charge is -2.14. The first-order valence-corrected chi connectivity index (χ1v) is 8.39. The molecule has 0 saturated carbocycles. The van der Waals surface area contributed by atoms with Crippen molar-refractivity contribution in [2.45, 2.75) is 19.8 Å². The zero-order valence-corrected chi connectivity index (χ0v) is 15.6. The first kappa shape index (κ1) is 19.6. The second kappa shape index (κ2) is 8.58. The minimum Gasteiger partial charge on any atom is -0.493 e. The van der Waals surface area contributed by atoms with Crippen LogP contribution in [0.2, 0.25) is 5.02 Å². The molecular formula is C19H21ClN2O4. The van der Waals surface area contributed by atoms with Crippen LogP contribution in [0.15, 0.2) is 36.4 Å². The second-order valence-corrected chi connectivity index (χ2v) is 6.39. The summed E-state index contributed by atoms with van der Waals surface area (Å²) < 4.78 is 10.5. The van der Waals surface area contributed by atoms with E-state index >= 15 is 0 Å². The number of rotatable bonds is 7. The molecule has 2 amide bonds.